The SMILES string of the molecule is CCNC(Cc1ncnn1CC)c1ccc(Cl)cc1F. The average Bonchev–Trinajstić information content (AvgIpc) is 2.85. The fraction of sp³-hybridized carbons (Fsp3) is 0.429. The van der Waals surface area contributed by atoms with Crippen molar-refractivity contribution in [1.29, 1.82) is 0 Å². The average molecular weight is 297 g/mol. The van der Waals surface area contributed by atoms with Gasteiger partial charge >= 0.3 is 0 Å². The maximum Gasteiger partial charge on any atom is 0.138 e. The van der Waals surface area contributed by atoms with Gasteiger partial charge in [-0.3, -0.25) is 4.68 Å². The fourth-order valence-electron chi connectivity index (χ4n) is 2.22. The number of hydrogen-bond donors (Lipinski definition) is 1. The zero-order valence-electron chi connectivity index (χ0n) is 11.6. The van der Waals surface area contributed by atoms with Crippen molar-refractivity contribution >= 4 is 11.6 Å². The van der Waals surface area contributed by atoms with Crippen LogP contribution in [0.5, 0.6) is 0 Å². The fourth-order valence-corrected chi connectivity index (χ4v) is 2.37. The van der Waals surface area contributed by atoms with E-state index < -0.39 is 0 Å². The van der Waals surface area contributed by atoms with Gasteiger partial charge in [0.25, 0.3) is 0 Å². The summed E-state index contributed by atoms with van der Waals surface area (Å²) in [7, 11) is 0. The highest BCUT2D eigenvalue weighted by atomic mass is 35.5. The molecule has 0 saturated carbocycles. The predicted molar refractivity (Wildman–Crippen MR) is 77.2 cm³/mol. The lowest BCUT2D eigenvalue weighted by molar-refractivity contribution is 0.485. The second-order valence-electron chi connectivity index (χ2n) is 4.47. The highest BCUT2D eigenvalue weighted by Crippen LogP contribution is 2.23. The van der Waals surface area contributed by atoms with Crippen molar-refractivity contribution in [3.8, 4) is 0 Å². The molecule has 2 aromatic rings. The van der Waals surface area contributed by atoms with Gasteiger partial charge in [-0.25, -0.2) is 9.37 Å². The second kappa shape index (κ2) is 6.81. The van der Waals surface area contributed by atoms with Crippen LogP contribution in [-0.4, -0.2) is 21.3 Å². The third-order valence-corrected chi connectivity index (χ3v) is 3.41. The Kier molecular flexibility index (Phi) is 5.09. The molecular formula is C14H18ClFN4. The van der Waals surface area contributed by atoms with E-state index >= 15 is 0 Å². The summed E-state index contributed by atoms with van der Waals surface area (Å²) < 4.78 is 15.9. The van der Waals surface area contributed by atoms with Crippen molar-refractivity contribution in [3.05, 3.63) is 46.8 Å². The van der Waals surface area contributed by atoms with Gasteiger partial charge in [-0.2, -0.15) is 5.10 Å². The molecule has 1 aromatic heterocycles. The van der Waals surface area contributed by atoms with E-state index in [9.17, 15) is 4.39 Å². The molecule has 6 heteroatoms. The van der Waals surface area contributed by atoms with Crippen molar-refractivity contribution in [2.75, 3.05) is 6.54 Å². The molecule has 0 aliphatic carbocycles. The van der Waals surface area contributed by atoms with E-state index in [0.29, 0.717) is 17.0 Å². The first-order chi connectivity index (χ1) is 9.65. The monoisotopic (exact) mass is 296 g/mol. The van der Waals surface area contributed by atoms with Crippen molar-refractivity contribution < 1.29 is 4.39 Å². The largest absolute Gasteiger partial charge is 0.310 e. The van der Waals surface area contributed by atoms with Crippen LogP contribution in [0.25, 0.3) is 0 Å². The summed E-state index contributed by atoms with van der Waals surface area (Å²) in [5.41, 5.74) is 0.599. The topological polar surface area (TPSA) is 42.7 Å². The number of likely N-dealkylation sites (N-methyl/N-ethyl adjacent to an activating group) is 1. The summed E-state index contributed by atoms with van der Waals surface area (Å²) >= 11 is 5.80. The first kappa shape index (κ1) is 14.9. The summed E-state index contributed by atoms with van der Waals surface area (Å²) in [6.45, 7) is 5.49. The summed E-state index contributed by atoms with van der Waals surface area (Å²) in [6, 6.07) is 4.62. The number of nitrogens with zero attached hydrogens (tertiary/aromatic N) is 3. The minimum atomic E-state index is -0.300. The van der Waals surface area contributed by atoms with E-state index in [2.05, 4.69) is 15.4 Å². The van der Waals surface area contributed by atoms with Crippen molar-refractivity contribution in [1.82, 2.24) is 20.1 Å². The Balaban J connectivity index is 2.27. The smallest absolute Gasteiger partial charge is 0.138 e. The molecule has 1 atom stereocenters. The summed E-state index contributed by atoms with van der Waals surface area (Å²) in [5.74, 6) is 0.541. The van der Waals surface area contributed by atoms with Gasteiger partial charge in [-0.15, -0.1) is 0 Å². The molecule has 0 aliphatic heterocycles. The maximum absolute atomic E-state index is 14.1. The molecule has 1 unspecified atom stereocenters. The molecular weight excluding hydrogens is 279 g/mol. The van der Waals surface area contributed by atoms with E-state index in [-0.39, 0.29) is 11.9 Å². The molecule has 1 aromatic carbocycles. The number of rotatable bonds is 6. The van der Waals surface area contributed by atoms with Gasteiger partial charge in [-0.05, 0) is 25.6 Å². The molecule has 0 aliphatic rings. The maximum atomic E-state index is 14.1. The van der Waals surface area contributed by atoms with E-state index in [1.54, 1.807) is 12.1 Å². The lowest BCUT2D eigenvalue weighted by Crippen LogP contribution is -2.25. The van der Waals surface area contributed by atoms with E-state index in [1.807, 2.05) is 18.5 Å². The van der Waals surface area contributed by atoms with Crippen LogP contribution in [0.1, 0.15) is 31.3 Å². The molecule has 1 N–H and O–H groups in total. The summed E-state index contributed by atoms with van der Waals surface area (Å²) in [4.78, 5) is 4.25. The number of aryl methyl sites for hydroxylation is 1. The van der Waals surface area contributed by atoms with Crippen LogP contribution in [0.2, 0.25) is 5.02 Å². The molecule has 1 heterocycles. The Morgan fingerprint density at radius 1 is 1.40 bits per heavy atom. The molecule has 0 radical (unpaired) electrons. The Morgan fingerprint density at radius 3 is 2.85 bits per heavy atom. The predicted octanol–water partition coefficient (Wildman–Crippen LogP) is 2.98. The van der Waals surface area contributed by atoms with Crippen LogP contribution < -0.4 is 5.32 Å². The normalized spacial score (nSPS) is 12.6. The number of hydrogen-bond acceptors (Lipinski definition) is 3. The third-order valence-electron chi connectivity index (χ3n) is 3.17. The molecule has 20 heavy (non-hydrogen) atoms. The lowest BCUT2D eigenvalue weighted by atomic mass is 10.0. The summed E-state index contributed by atoms with van der Waals surface area (Å²) in [6.07, 6.45) is 2.11. The number of aromatic nitrogens is 3. The number of nitrogens with one attached hydrogen (secondary N) is 1. The van der Waals surface area contributed by atoms with Crippen molar-refractivity contribution in [3.63, 3.8) is 0 Å². The van der Waals surface area contributed by atoms with Gasteiger partial charge in [0, 0.05) is 29.6 Å². The van der Waals surface area contributed by atoms with E-state index in [1.165, 1.54) is 12.4 Å². The van der Waals surface area contributed by atoms with Gasteiger partial charge < -0.3 is 5.32 Å². The van der Waals surface area contributed by atoms with Crippen LogP contribution >= 0.6 is 11.6 Å². The Bertz CT molecular complexity index is 570. The summed E-state index contributed by atoms with van der Waals surface area (Å²) in [5, 5.41) is 7.83. The minimum Gasteiger partial charge on any atom is -0.310 e. The van der Waals surface area contributed by atoms with Gasteiger partial charge in [0.2, 0.25) is 0 Å². The van der Waals surface area contributed by atoms with Crippen LogP contribution in [0.4, 0.5) is 4.39 Å². The van der Waals surface area contributed by atoms with Gasteiger partial charge in [0.05, 0.1) is 0 Å². The third kappa shape index (κ3) is 3.35. The first-order valence-corrected chi connectivity index (χ1v) is 7.08. The molecule has 0 saturated heterocycles. The van der Waals surface area contributed by atoms with Gasteiger partial charge in [-0.1, -0.05) is 24.6 Å². The lowest BCUT2D eigenvalue weighted by Gasteiger charge is -2.19. The van der Waals surface area contributed by atoms with Crippen molar-refractivity contribution in [2.45, 2.75) is 32.9 Å². The molecule has 108 valence electrons. The Hall–Kier alpha value is -1.46. The standard InChI is InChI=1S/C14H18ClFN4/c1-3-17-13(8-14-18-9-19-20(14)4-2)11-6-5-10(15)7-12(11)16/h5-7,9,13,17H,3-4,8H2,1-2H3. The highest BCUT2D eigenvalue weighted by Gasteiger charge is 2.18. The zero-order chi connectivity index (χ0) is 14.5. The van der Waals surface area contributed by atoms with Gasteiger partial charge in [0.1, 0.15) is 18.0 Å². The Morgan fingerprint density at radius 2 is 2.20 bits per heavy atom. The molecule has 4 nitrogen and oxygen atoms in total. The van der Waals surface area contributed by atoms with Crippen LogP contribution in [0.15, 0.2) is 24.5 Å². The molecule has 2 rings (SSSR count). The number of benzene rings is 1. The minimum absolute atomic E-state index is 0.147. The van der Waals surface area contributed by atoms with Crippen molar-refractivity contribution in [2.24, 2.45) is 0 Å². The van der Waals surface area contributed by atoms with Crippen LogP contribution in [0.3, 0.4) is 0 Å². The quantitative estimate of drug-likeness (QED) is 0.891. The molecule has 0 amide bonds. The van der Waals surface area contributed by atoms with E-state index in [0.717, 1.165) is 18.9 Å². The van der Waals surface area contributed by atoms with Gasteiger partial charge in [0.15, 0.2) is 0 Å². The zero-order valence-corrected chi connectivity index (χ0v) is 12.4. The van der Waals surface area contributed by atoms with Crippen LogP contribution in [0, 0.1) is 5.82 Å². The molecule has 0 spiro atoms. The first-order valence-electron chi connectivity index (χ1n) is 6.70. The van der Waals surface area contributed by atoms with Crippen LogP contribution in [-0.2, 0) is 13.0 Å². The van der Waals surface area contributed by atoms with E-state index in [4.69, 9.17) is 11.6 Å². The number of halogens is 2. The second-order valence-corrected chi connectivity index (χ2v) is 4.91. The highest BCUT2D eigenvalue weighted by molar-refractivity contribution is 6.30. The molecule has 0 bridgehead atoms. The molecule has 0 fully saturated rings. The Labute approximate surface area is 123 Å².